The molecule has 5 nitrogen and oxygen atoms in total. The molecule has 0 aliphatic rings. The minimum Gasteiger partial charge on any atom is -0.465 e. The van der Waals surface area contributed by atoms with Gasteiger partial charge in [-0.15, -0.1) is 0 Å². The van der Waals surface area contributed by atoms with E-state index < -0.39 is 0 Å². The van der Waals surface area contributed by atoms with Crippen molar-refractivity contribution < 1.29 is 18.9 Å². The number of para-hydroxylation sites is 2. The van der Waals surface area contributed by atoms with Crippen LogP contribution in [0, 0.1) is 13.8 Å². The van der Waals surface area contributed by atoms with Crippen LogP contribution in [0.15, 0.2) is 36.4 Å². The molecule has 0 saturated carbocycles. The van der Waals surface area contributed by atoms with E-state index >= 15 is 0 Å². The predicted molar refractivity (Wildman–Crippen MR) is 109 cm³/mol. The van der Waals surface area contributed by atoms with Crippen LogP contribution in [0.5, 0.6) is 11.5 Å². The Morgan fingerprint density at radius 1 is 0.741 bits per heavy atom. The van der Waals surface area contributed by atoms with E-state index in [1.807, 2.05) is 38.1 Å². The lowest BCUT2D eigenvalue weighted by molar-refractivity contribution is 0.0503. The zero-order valence-corrected chi connectivity index (χ0v) is 17.5. The van der Waals surface area contributed by atoms with E-state index in [2.05, 4.69) is 37.8 Å². The van der Waals surface area contributed by atoms with Crippen molar-refractivity contribution in [3.8, 4) is 11.5 Å². The fourth-order valence-corrected chi connectivity index (χ4v) is 3.09. The lowest BCUT2D eigenvalue weighted by atomic mass is 10.0. The van der Waals surface area contributed by atoms with Gasteiger partial charge in [0.25, 0.3) is 0 Å². The zero-order chi connectivity index (χ0) is 20.0. The van der Waals surface area contributed by atoms with Gasteiger partial charge in [-0.25, -0.2) is 0 Å². The Hall–Kier alpha value is -2.24. The third kappa shape index (κ3) is 4.93. The van der Waals surface area contributed by atoms with Crippen LogP contribution in [-0.2, 0) is 9.47 Å². The van der Waals surface area contributed by atoms with Gasteiger partial charge in [-0.05, 0) is 57.9 Å². The molecule has 0 fully saturated rings. The van der Waals surface area contributed by atoms with Gasteiger partial charge in [-0.2, -0.15) is 0 Å². The number of hydrogen-bond acceptors (Lipinski definition) is 5. The summed E-state index contributed by atoms with van der Waals surface area (Å²) in [5.74, 6) is 1.60. The molecule has 2 aromatic rings. The van der Waals surface area contributed by atoms with E-state index in [0.29, 0.717) is 0 Å². The molecule has 0 amide bonds. The minimum atomic E-state index is -0.224. The highest BCUT2D eigenvalue weighted by atomic mass is 16.7. The number of anilines is 2. The summed E-state index contributed by atoms with van der Waals surface area (Å²) >= 11 is 0. The van der Waals surface area contributed by atoms with Crippen LogP contribution in [0.3, 0.4) is 0 Å². The van der Waals surface area contributed by atoms with Crippen molar-refractivity contribution in [1.29, 1.82) is 0 Å². The first-order valence-corrected chi connectivity index (χ1v) is 9.04. The third-order valence-electron chi connectivity index (χ3n) is 4.18. The van der Waals surface area contributed by atoms with Crippen LogP contribution in [0.1, 0.15) is 31.9 Å². The molecule has 0 aliphatic carbocycles. The fraction of sp³-hybridized carbons (Fsp3) is 0.455. The Bertz CT molecular complexity index is 695. The van der Waals surface area contributed by atoms with Crippen molar-refractivity contribution >= 4 is 11.4 Å². The molecule has 0 saturated heterocycles. The molecule has 0 N–H and O–H groups in total. The van der Waals surface area contributed by atoms with E-state index in [1.165, 1.54) is 0 Å². The monoisotopic (exact) mass is 373 g/mol. The van der Waals surface area contributed by atoms with Gasteiger partial charge in [0.05, 0.1) is 11.4 Å². The van der Waals surface area contributed by atoms with Crippen LogP contribution in [0.4, 0.5) is 11.4 Å². The first kappa shape index (κ1) is 21.1. The highest BCUT2D eigenvalue weighted by Gasteiger charge is 2.29. The van der Waals surface area contributed by atoms with Crippen LogP contribution >= 0.6 is 0 Å². The lowest BCUT2D eigenvalue weighted by Gasteiger charge is -2.39. The smallest absolute Gasteiger partial charge is 0.188 e. The number of rotatable bonds is 8. The molecule has 27 heavy (non-hydrogen) atoms. The van der Waals surface area contributed by atoms with Crippen molar-refractivity contribution in [2.75, 3.05) is 32.7 Å². The Balaban J connectivity index is 2.66. The molecule has 0 aliphatic heterocycles. The van der Waals surface area contributed by atoms with Crippen LogP contribution in [-0.4, -0.2) is 33.3 Å². The quantitative estimate of drug-likeness (QED) is 0.594. The summed E-state index contributed by atoms with van der Waals surface area (Å²) in [5.41, 5.74) is 3.80. The molecular weight excluding hydrogens is 342 g/mol. The van der Waals surface area contributed by atoms with Crippen molar-refractivity contribution in [3.63, 3.8) is 0 Å². The average molecular weight is 373 g/mol. The van der Waals surface area contributed by atoms with E-state index in [0.717, 1.165) is 34.0 Å². The number of methoxy groups -OCH3 is 2. The fourth-order valence-electron chi connectivity index (χ4n) is 3.09. The van der Waals surface area contributed by atoms with Gasteiger partial charge in [-0.1, -0.05) is 24.3 Å². The van der Waals surface area contributed by atoms with E-state index in [9.17, 15) is 0 Å². The maximum Gasteiger partial charge on any atom is 0.188 e. The van der Waals surface area contributed by atoms with Crippen LogP contribution in [0.2, 0.25) is 0 Å². The molecule has 0 atom stereocenters. The van der Waals surface area contributed by atoms with Gasteiger partial charge in [0.2, 0.25) is 0 Å². The summed E-state index contributed by atoms with van der Waals surface area (Å²) in [5, 5.41) is 0. The summed E-state index contributed by atoms with van der Waals surface area (Å²) < 4.78 is 22.2. The predicted octanol–water partition coefficient (Wildman–Crippen LogP) is 5.21. The molecule has 0 aromatic heterocycles. The molecule has 5 heteroatoms. The number of ether oxygens (including phenoxy) is 4. The zero-order valence-electron chi connectivity index (χ0n) is 17.5. The van der Waals surface area contributed by atoms with Crippen molar-refractivity contribution in [2.45, 2.75) is 40.2 Å². The van der Waals surface area contributed by atoms with Gasteiger partial charge in [0.15, 0.2) is 13.6 Å². The van der Waals surface area contributed by atoms with Crippen molar-refractivity contribution in [2.24, 2.45) is 0 Å². The largest absolute Gasteiger partial charge is 0.465 e. The molecule has 2 rings (SSSR count). The standard InChI is InChI=1S/C22H31NO4/c1-16-10-8-12-18(20(16)26-14-24-6)23(22(3,4)5)19-13-9-11-17(2)21(19)27-15-25-7/h8-13H,14-15H2,1-7H3. The highest BCUT2D eigenvalue weighted by molar-refractivity contribution is 5.77. The molecule has 0 heterocycles. The highest BCUT2D eigenvalue weighted by Crippen LogP contribution is 2.45. The third-order valence-corrected chi connectivity index (χ3v) is 4.18. The van der Waals surface area contributed by atoms with E-state index in [1.54, 1.807) is 14.2 Å². The molecule has 0 spiro atoms. The Labute approximate surface area is 162 Å². The SMILES string of the molecule is COCOc1c(C)cccc1N(c1cccc(C)c1OCOC)C(C)(C)C. The Morgan fingerprint density at radius 3 is 1.48 bits per heavy atom. The second-order valence-corrected chi connectivity index (χ2v) is 7.45. The second-order valence-electron chi connectivity index (χ2n) is 7.45. The molecular formula is C22H31NO4. The van der Waals surface area contributed by atoms with Gasteiger partial charge < -0.3 is 23.8 Å². The first-order chi connectivity index (χ1) is 12.8. The Morgan fingerprint density at radius 2 is 1.15 bits per heavy atom. The van der Waals surface area contributed by atoms with Gasteiger partial charge in [-0.3, -0.25) is 0 Å². The molecule has 0 unspecified atom stereocenters. The topological polar surface area (TPSA) is 40.2 Å². The number of benzene rings is 2. The van der Waals surface area contributed by atoms with Gasteiger partial charge in [0, 0.05) is 19.8 Å². The Kier molecular flexibility index (Phi) is 7.11. The van der Waals surface area contributed by atoms with E-state index in [4.69, 9.17) is 18.9 Å². The number of nitrogens with zero attached hydrogens (tertiary/aromatic N) is 1. The molecule has 2 aromatic carbocycles. The molecule has 0 radical (unpaired) electrons. The lowest BCUT2D eigenvalue weighted by Crippen LogP contribution is -2.38. The van der Waals surface area contributed by atoms with Crippen molar-refractivity contribution in [3.05, 3.63) is 47.5 Å². The van der Waals surface area contributed by atoms with Crippen LogP contribution in [0.25, 0.3) is 0 Å². The first-order valence-electron chi connectivity index (χ1n) is 9.04. The van der Waals surface area contributed by atoms with Gasteiger partial charge >= 0.3 is 0 Å². The molecule has 0 bridgehead atoms. The summed E-state index contributed by atoms with van der Waals surface area (Å²) in [4.78, 5) is 2.24. The van der Waals surface area contributed by atoms with Crippen LogP contribution < -0.4 is 14.4 Å². The van der Waals surface area contributed by atoms with Crippen molar-refractivity contribution in [1.82, 2.24) is 0 Å². The summed E-state index contributed by atoms with van der Waals surface area (Å²) in [6.07, 6.45) is 0. The molecule has 148 valence electrons. The minimum absolute atomic E-state index is 0.191. The van der Waals surface area contributed by atoms with Gasteiger partial charge in [0.1, 0.15) is 11.5 Å². The maximum atomic E-state index is 5.94. The number of hydrogen-bond donors (Lipinski definition) is 0. The average Bonchev–Trinajstić information content (AvgIpc) is 2.60. The summed E-state index contributed by atoms with van der Waals surface area (Å²) in [6.45, 7) is 10.9. The summed E-state index contributed by atoms with van der Waals surface area (Å²) in [6, 6.07) is 12.3. The maximum absolute atomic E-state index is 5.94. The normalized spacial score (nSPS) is 11.4. The number of aryl methyl sites for hydroxylation is 2. The second kappa shape index (κ2) is 9.11. The van der Waals surface area contributed by atoms with E-state index in [-0.39, 0.29) is 19.1 Å². The summed E-state index contributed by atoms with van der Waals surface area (Å²) in [7, 11) is 3.24.